The van der Waals surface area contributed by atoms with Crippen molar-refractivity contribution in [1.29, 1.82) is 0 Å². The summed E-state index contributed by atoms with van der Waals surface area (Å²) in [6.45, 7) is 8.39. The van der Waals surface area contributed by atoms with Gasteiger partial charge in [0, 0.05) is 5.92 Å². The van der Waals surface area contributed by atoms with Gasteiger partial charge in [0.25, 0.3) is 0 Å². The van der Waals surface area contributed by atoms with Crippen molar-refractivity contribution in [3.63, 3.8) is 0 Å². The summed E-state index contributed by atoms with van der Waals surface area (Å²) in [6.07, 6.45) is 0. The lowest BCUT2D eigenvalue weighted by molar-refractivity contribution is 0.920. The first kappa shape index (κ1) is 13.5. The van der Waals surface area contributed by atoms with E-state index in [0.717, 1.165) is 0 Å². The fraction of sp³-hybridized carbons (Fsp3) is 0.294. The highest BCUT2D eigenvalue weighted by Gasteiger charge is 2.06. The van der Waals surface area contributed by atoms with Gasteiger partial charge in [-0.05, 0) is 18.1 Å². The van der Waals surface area contributed by atoms with Crippen molar-refractivity contribution < 1.29 is 0 Å². The molecule has 0 amide bonds. The van der Waals surface area contributed by atoms with Crippen molar-refractivity contribution >= 4 is 0 Å². The molecule has 0 N–H and O–H groups in total. The maximum atomic E-state index is 2.26. The molecule has 0 aliphatic heterocycles. The molecule has 0 bridgehead atoms. The maximum Gasteiger partial charge on any atom is 0.00611 e. The number of hydrogen-bond donors (Lipinski definition) is 0. The van der Waals surface area contributed by atoms with Crippen LogP contribution in [0.15, 0.2) is 54.6 Å². The fourth-order valence-corrected chi connectivity index (χ4v) is 1.87. The highest BCUT2D eigenvalue weighted by Crippen LogP contribution is 2.24. The summed E-state index contributed by atoms with van der Waals surface area (Å²) < 4.78 is 0. The normalized spacial score (nSPS) is 11.3. The summed E-state index contributed by atoms with van der Waals surface area (Å²) in [5.41, 5.74) is 4.10. The van der Waals surface area contributed by atoms with Gasteiger partial charge < -0.3 is 0 Å². The molecule has 0 aromatic heterocycles. The Morgan fingerprint density at radius 3 is 1.94 bits per heavy atom. The molecule has 1 unspecified atom stereocenters. The van der Waals surface area contributed by atoms with Crippen LogP contribution in [0, 0.1) is 6.92 Å². The number of hydrogen-bond acceptors (Lipinski definition) is 0. The van der Waals surface area contributed by atoms with Crippen LogP contribution >= 0.6 is 0 Å². The zero-order valence-electron chi connectivity index (χ0n) is 11.3. The van der Waals surface area contributed by atoms with Crippen molar-refractivity contribution in [3.8, 4) is 0 Å². The number of aryl methyl sites for hydroxylation is 1. The molecule has 0 aliphatic carbocycles. The van der Waals surface area contributed by atoms with E-state index >= 15 is 0 Å². The summed E-state index contributed by atoms with van der Waals surface area (Å²) in [5, 5.41) is 0. The van der Waals surface area contributed by atoms with Gasteiger partial charge in [-0.15, -0.1) is 0 Å². The van der Waals surface area contributed by atoms with Crippen LogP contribution in [0.5, 0.6) is 0 Å². The van der Waals surface area contributed by atoms with Crippen molar-refractivity contribution in [2.45, 2.75) is 33.6 Å². The zero-order chi connectivity index (χ0) is 12.7. The third-order valence-electron chi connectivity index (χ3n) is 2.84. The second-order valence-corrected chi connectivity index (χ2v) is 4.05. The van der Waals surface area contributed by atoms with E-state index in [-0.39, 0.29) is 0 Å². The SMILES string of the molecule is CC.Cc1cccc(C(C)c2ccccc2)c1. The van der Waals surface area contributed by atoms with Gasteiger partial charge in [0.1, 0.15) is 0 Å². The first-order valence-corrected chi connectivity index (χ1v) is 6.39. The third-order valence-corrected chi connectivity index (χ3v) is 2.84. The average molecular weight is 226 g/mol. The summed E-state index contributed by atoms with van der Waals surface area (Å²) in [4.78, 5) is 0. The first-order valence-electron chi connectivity index (χ1n) is 6.39. The minimum Gasteiger partial charge on any atom is -0.0683 e. The smallest absolute Gasteiger partial charge is 0.00611 e. The quantitative estimate of drug-likeness (QED) is 0.662. The number of benzene rings is 2. The molecule has 17 heavy (non-hydrogen) atoms. The van der Waals surface area contributed by atoms with E-state index < -0.39 is 0 Å². The van der Waals surface area contributed by atoms with E-state index in [9.17, 15) is 0 Å². The van der Waals surface area contributed by atoms with Crippen LogP contribution in [-0.2, 0) is 0 Å². The molecule has 0 saturated carbocycles. The van der Waals surface area contributed by atoms with Crippen molar-refractivity contribution in [3.05, 3.63) is 71.3 Å². The minimum atomic E-state index is 0.478. The largest absolute Gasteiger partial charge is 0.0683 e. The molecule has 2 aromatic rings. The predicted molar refractivity (Wildman–Crippen MR) is 76.5 cm³/mol. The molecule has 0 heteroatoms. The average Bonchev–Trinajstić information content (AvgIpc) is 2.41. The molecule has 0 fully saturated rings. The molecular formula is C17H22. The van der Waals surface area contributed by atoms with Crippen LogP contribution < -0.4 is 0 Å². The highest BCUT2D eigenvalue weighted by molar-refractivity contribution is 5.33. The van der Waals surface area contributed by atoms with Gasteiger partial charge in [0.2, 0.25) is 0 Å². The summed E-state index contributed by atoms with van der Waals surface area (Å²) in [7, 11) is 0. The van der Waals surface area contributed by atoms with E-state index in [1.807, 2.05) is 13.8 Å². The van der Waals surface area contributed by atoms with Gasteiger partial charge in [-0.2, -0.15) is 0 Å². The van der Waals surface area contributed by atoms with Crippen LogP contribution in [0.25, 0.3) is 0 Å². The van der Waals surface area contributed by atoms with E-state index in [0.29, 0.717) is 5.92 Å². The third kappa shape index (κ3) is 3.74. The lowest BCUT2D eigenvalue weighted by Crippen LogP contribution is -1.95. The Morgan fingerprint density at radius 1 is 0.765 bits per heavy atom. The summed E-state index contributed by atoms with van der Waals surface area (Å²) in [5.74, 6) is 0.478. The van der Waals surface area contributed by atoms with Gasteiger partial charge in [-0.25, -0.2) is 0 Å². The van der Waals surface area contributed by atoms with Crippen molar-refractivity contribution in [1.82, 2.24) is 0 Å². The van der Waals surface area contributed by atoms with Crippen LogP contribution in [0.2, 0.25) is 0 Å². The Balaban J connectivity index is 0.000000686. The van der Waals surface area contributed by atoms with Crippen LogP contribution in [0.4, 0.5) is 0 Å². The molecule has 0 heterocycles. The molecule has 0 spiro atoms. The molecule has 0 nitrogen and oxygen atoms in total. The predicted octanol–water partition coefficient (Wildman–Crippen LogP) is 5.17. The first-order chi connectivity index (χ1) is 8.27. The number of rotatable bonds is 2. The second kappa shape index (κ2) is 6.90. The molecule has 0 saturated heterocycles. The van der Waals surface area contributed by atoms with E-state index in [4.69, 9.17) is 0 Å². The van der Waals surface area contributed by atoms with Crippen molar-refractivity contribution in [2.24, 2.45) is 0 Å². The van der Waals surface area contributed by atoms with Gasteiger partial charge in [-0.1, -0.05) is 80.9 Å². The Bertz CT molecular complexity index is 429. The van der Waals surface area contributed by atoms with Crippen LogP contribution in [0.1, 0.15) is 43.4 Å². The molecule has 2 aromatic carbocycles. The summed E-state index contributed by atoms with van der Waals surface area (Å²) in [6, 6.07) is 19.4. The Labute approximate surface area is 105 Å². The highest BCUT2D eigenvalue weighted by atomic mass is 14.1. The van der Waals surface area contributed by atoms with E-state index in [1.54, 1.807) is 0 Å². The van der Waals surface area contributed by atoms with E-state index in [2.05, 4.69) is 68.4 Å². The lowest BCUT2D eigenvalue weighted by Gasteiger charge is -2.12. The monoisotopic (exact) mass is 226 g/mol. The van der Waals surface area contributed by atoms with Gasteiger partial charge in [0.05, 0.1) is 0 Å². The fourth-order valence-electron chi connectivity index (χ4n) is 1.87. The Hall–Kier alpha value is -1.56. The van der Waals surface area contributed by atoms with E-state index in [1.165, 1.54) is 16.7 Å². The Morgan fingerprint density at radius 2 is 1.35 bits per heavy atom. The molecule has 2 rings (SSSR count). The van der Waals surface area contributed by atoms with Gasteiger partial charge >= 0.3 is 0 Å². The van der Waals surface area contributed by atoms with Gasteiger partial charge in [0.15, 0.2) is 0 Å². The van der Waals surface area contributed by atoms with Gasteiger partial charge in [-0.3, -0.25) is 0 Å². The van der Waals surface area contributed by atoms with Crippen molar-refractivity contribution in [2.75, 3.05) is 0 Å². The molecule has 0 aliphatic rings. The molecule has 90 valence electrons. The minimum absolute atomic E-state index is 0.478. The zero-order valence-corrected chi connectivity index (χ0v) is 11.3. The maximum absolute atomic E-state index is 2.26. The Kier molecular flexibility index (Phi) is 5.48. The second-order valence-electron chi connectivity index (χ2n) is 4.05. The molecule has 1 atom stereocenters. The summed E-state index contributed by atoms with van der Waals surface area (Å²) >= 11 is 0. The molecular weight excluding hydrogens is 204 g/mol. The van der Waals surface area contributed by atoms with Crippen LogP contribution in [-0.4, -0.2) is 0 Å². The molecule has 0 radical (unpaired) electrons. The topological polar surface area (TPSA) is 0 Å². The lowest BCUT2D eigenvalue weighted by atomic mass is 9.92. The standard InChI is InChI=1S/C15H16.C2H6/c1-12-7-6-10-15(11-12)13(2)14-8-4-3-5-9-14;1-2/h3-11,13H,1-2H3;1-2H3. The van der Waals surface area contributed by atoms with Crippen LogP contribution in [0.3, 0.4) is 0 Å².